The maximum absolute atomic E-state index is 5.77. The zero-order chi connectivity index (χ0) is 9.78. The Hall–Kier alpha value is -0.730. The fraction of sp³-hybridized carbons (Fsp3) is 0.889. The number of rotatable bonds is 3. The maximum Gasteiger partial charge on any atom is 0.191 e. The zero-order valence-electron chi connectivity index (χ0n) is 8.89. The minimum atomic E-state index is 0.1000. The second-order valence-corrected chi connectivity index (χ2v) is 3.56. The monoisotopic (exact) mass is 171 g/mol. The van der Waals surface area contributed by atoms with E-state index in [0.717, 1.165) is 13.0 Å². The molecule has 3 nitrogen and oxygen atoms in total. The van der Waals surface area contributed by atoms with Gasteiger partial charge in [-0.1, -0.05) is 6.92 Å². The molecule has 72 valence electrons. The van der Waals surface area contributed by atoms with Crippen LogP contribution in [0.15, 0.2) is 4.99 Å². The summed E-state index contributed by atoms with van der Waals surface area (Å²) in [6, 6.07) is 0. The van der Waals surface area contributed by atoms with Crippen LogP contribution in [0.3, 0.4) is 0 Å². The second kappa shape index (κ2) is 4.33. The fourth-order valence-corrected chi connectivity index (χ4v) is 0.815. The van der Waals surface area contributed by atoms with Gasteiger partial charge in [-0.25, -0.2) is 0 Å². The van der Waals surface area contributed by atoms with Crippen molar-refractivity contribution in [3.63, 3.8) is 0 Å². The van der Waals surface area contributed by atoms with Crippen LogP contribution >= 0.6 is 0 Å². The van der Waals surface area contributed by atoms with Gasteiger partial charge in [0.1, 0.15) is 0 Å². The molecule has 0 aliphatic carbocycles. The van der Waals surface area contributed by atoms with Crippen LogP contribution in [0.2, 0.25) is 0 Å². The minimum Gasteiger partial charge on any atom is -0.370 e. The fourth-order valence-electron chi connectivity index (χ4n) is 0.815. The largest absolute Gasteiger partial charge is 0.370 e. The molecule has 0 radical (unpaired) electrons. The van der Waals surface area contributed by atoms with Crippen LogP contribution in [0.1, 0.15) is 34.1 Å². The van der Waals surface area contributed by atoms with Crippen LogP contribution in [-0.4, -0.2) is 30.0 Å². The molecule has 0 rings (SSSR count). The molecule has 3 heteroatoms. The van der Waals surface area contributed by atoms with Crippen molar-refractivity contribution in [3.05, 3.63) is 0 Å². The van der Waals surface area contributed by atoms with Crippen molar-refractivity contribution in [2.75, 3.05) is 13.6 Å². The van der Waals surface area contributed by atoms with E-state index in [-0.39, 0.29) is 5.54 Å². The molecule has 0 saturated heterocycles. The third-order valence-electron chi connectivity index (χ3n) is 2.44. The van der Waals surface area contributed by atoms with Crippen molar-refractivity contribution in [1.29, 1.82) is 0 Å². The van der Waals surface area contributed by atoms with Gasteiger partial charge in [-0.05, 0) is 27.2 Å². The lowest BCUT2D eigenvalue weighted by atomic mass is 10.0. The number of hydrogen-bond donors (Lipinski definition) is 1. The Bertz CT molecular complexity index is 161. The summed E-state index contributed by atoms with van der Waals surface area (Å²) in [4.78, 5) is 6.18. The maximum atomic E-state index is 5.77. The zero-order valence-corrected chi connectivity index (χ0v) is 8.89. The van der Waals surface area contributed by atoms with Crippen molar-refractivity contribution in [1.82, 2.24) is 4.90 Å². The van der Waals surface area contributed by atoms with Gasteiger partial charge in [0.2, 0.25) is 0 Å². The van der Waals surface area contributed by atoms with Gasteiger partial charge in [0.25, 0.3) is 0 Å². The molecular weight excluding hydrogens is 150 g/mol. The molecule has 0 heterocycles. The van der Waals surface area contributed by atoms with Crippen molar-refractivity contribution < 1.29 is 0 Å². The first-order valence-corrected chi connectivity index (χ1v) is 4.49. The lowest BCUT2D eigenvalue weighted by Crippen LogP contribution is -2.48. The normalized spacial score (nSPS) is 13.2. The Morgan fingerprint density at radius 1 is 1.42 bits per heavy atom. The molecule has 0 aromatic carbocycles. The molecule has 0 aromatic rings. The van der Waals surface area contributed by atoms with E-state index < -0.39 is 0 Å². The topological polar surface area (TPSA) is 41.6 Å². The Morgan fingerprint density at radius 3 is 2.25 bits per heavy atom. The average Bonchev–Trinajstić information content (AvgIpc) is 2.03. The lowest BCUT2D eigenvalue weighted by Gasteiger charge is -2.35. The van der Waals surface area contributed by atoms with Gasteiger partial charge in [-0.2, -0.15) is 0 Å². The lowest BCUT2D eigenvalue weighted by molar-refractivity contribution is 0.243. The van der Waals surface area contributed by atoms with E-state index in [1.807, 2.05) is 18.9 Å². The van der Waals surface area contributed by atoms with E-state index in [4.69, 9.17) is 5.73 Å². The summed E-state index contributed by atoms with van der Waals surface area (Å²) in [7, 11) is 1.98. The molecule has 0 amide bonds. The van der Waals surface area contributed by atoms with E-state index in [9.17, 15) is 0 Å². The van der Waals surface area contributed by atoms with Crippen LogP contribution in [0.25, 0.3) is 0 Å². The first-order valence-electron chi connectivity index (χ1n) is 4.49. The molecule has 0 unspecified atom stereocenters. The molecule has 0 saturated carbocycles. The first kappa shape index (κ1) is 11.3. The van der Waals surface area contributed by atoms with Crippen LogP contribution in [0.5, 0.6) is 0 Å². The number of guanidine groups is 1. The number of aliphatic imine (C=N–C) groups is 1. The van der Waals surface area contributed by atoms with Gasteiger partial charge in [0, 0.05) is 19.1 Å². The molecule has 0 atom stereocenters. The predicted octanol–water partition coefficient (Wildman–Crippen LogP) is 1.44. The average molecular weight is 171 g/mol. The number of hydrogen-bond acceptors (Lipinski definition) is 1. The van der Waals surface area contributed by atoms with Crippen molar-refractivity contribution in [3.8, 4) is 0 Å². The molecule has 0 spiro atoms. The van der Waals surface area contributed by atoms with Gasteiger partial charge >= 0.3 is 0 Å². The Morgan fingerprint density at radius 2 is 1.92 bits per heavy atom. The van der Waals surface area contributed by atoms with Gasteiger partial charge < -0.3 is 10.6 Å². The highest BCUT2D eigenvalue weighted by atomic mass is 15.3. The highest BCUT2D eigenvalue weighted by Crippen LogP contribution is 2.15. The van der Waals surface area contributed by atoms with Crippen LogP contribution < -0.4 is 5.73 Å². The molecular formula is C9H21N3. The van der Waals surface area contributed by atoms with Crippen molar-refractivity contribution >= 4 is 5.96 Å². The van der Waals surface area contributed by atoms with Gasteiger partial charge in [0.05, 0.1) is 0 Å². The highest BCUT2D eigenvalue weighted by molar-refractivity contribution is 5.78. The standard InChI is InChI=1S/C9H21N3/c1-6-9(3,4)12(5)8(10)11-7-2/h6-7H2,1-5H3,(H2,10,11). The molecule has 0 bridgehead atoms. The Kier molecular flexibility index (Phi) is 4.07. The summed E-state index contributed by atoms with van der Waals surface area (Å²) < 4.78 is 0. The summed E-state index contributed by atoms with van der Waals surface area (Å²) in [6.07, 6.45) is 1.06. The van der Waals surface area contributed by atoms with E-state index >= 15 is 0 Å². The van der Waals surface area contributed by atoms with Gasteiger partial charge in [-0.15, -0.1) is 0 Å². The predicted molar refractivity (Wildman–Crippen MR) is 54.3 cm³/mol. The summed E-state index contributed by atoms with van der Waals surface area (Å²) in [5.74, 6) is 0.629. The Labute approximate surface area is 75.7 Å². The molecule has 0 aliphatic heterocycles. The summed E-state index contributed by atoms with van der Waals surface area (Å²) >= 11 is 0. The van der Waals surface area contributed by atoms with E-state index in [2.05, 4.69) is 25.8 Å². The second-order valence-electron chi connectivity index (χ2n) is 3.56. The molecule has 12 heavy (non-hydrogen) atoms. The third-order valence-corrected chi connectivity index (χ3v) is 2.44. The Balaban J connectivity index is 4.37. The van der Waals surface area contributed by atoms with Crippen LogP contribution in [0.4, 0.5) is 0 Å². The molecule has 0 fully saturated rings. The van der Waals surface area contributed by atoms with E-state index in [1.165, 1.54) is 0 Å². The number of nitrogens with zero attached hydrogens (tertiary/aromatic N) is 2. The summed E-state index contributed by atoms with van der Waals surface area (Å²) in [6.45, 7) is 9.20. The molecule has 0 aliphatic rings. The van der Waals surface area contributed by atoms with Gasteiger partial charge in [-0.3, -0.25) is 4.99 Å². The first-order chi connectivity index (χ1) is 5.45. The third kappa shape index (κ3) is 2.72. The van der Waals surface area contributed by atoms with Crippen LogP contribution in [-0.2, 0) is 0 Å². The number of nitrogens with two attached hydrogens (primary N) is 1. The van der Waals surface area contributed by atoms with E-state index in [1.54, 1.807) is 0 Å². The summed E-state index contributed by atoms with van der Waals surface area (Å²) in [5, 5.41) is 0. The van der Waals surface area contributed by atoms with Crippen molar-refractivity contribution in [2.45, 2.75) is 39.7 Å². The molecule has 0 aromatic heterocycles. The molecule has 2 N–H and O–H groups in total. The van der Waals surface area contributed by atoms with Crippen molar-refractivity contribution in [2.24, 2.45) is 10.7 Å². The summed E-state index contributed by atoms with van der Waals surface area (Å²) in [5.41, 5.74) is 5.87. The van der Waals surface area contributed by atoms with Crippen LogP contribution in [0, 0.1) is 0 Å². The smallest absolute Gasteiger partial charge is 0.191 e. The minimum absolute atomic E-state index is 0.1000. The van der Waals surface area contributed by atoms with Gasteiger partial charge in [0.15, 0.2) is 5.96 Å². The SMILES string of the molecule is CCN=C(N)N(C)C(C)(C)CC. The quantitative estimate of drug-likeness (QED) is 0.515. The highest BCUT2D eigenvalue weighted by Gasteiger charge is 2.22. The van der Waals surface area contributed by atoms with E-state index in [0.29, 0.717) is 5.96 Å².